The Morgan fingerprint density at radius 1 is 1.24 bits per heavy atom. The van der Waals surface area contributed by atoms with Gasteiger partial charge in [-0.1, -0.05) is 11.2 Å². The number of hydrogen-bond acceptors (Lipinski definition) is 6. The van der Waals surface area contributed by atoms with Crippen LogP contribution in [-0.4, -0.2) is 24.4 Å². The van der Waals surface area contributed by atoms with E-state index in [4.69, 9.17) is 19.3 Å². The Morgan fingerprint density at radius 2 is 2.05 bits per heavy atom. The zero-order valence-corrected chi connectivity index (χ0v) is 12.1. The second-order valence-electron chi connectivity index (χ2n) is 4.48. The highest BCUT2D eigenvalue weighted by molar-refractivity contribution is 5.43. The molecule has 0 saturated heterocycles. The summed E-state index contributed by atoms with van der Waals surface area (Å²) < 4.78 is 15.6. The molecule has 0 saturated carbocycles. The molecule has 110 valence electrons. The van der Waals surface area contributed by atoms with E-state index in [2.05, 4.69) is 16.2 Å². The maximum atomic E-state index is 8.50. The predicted octanol–water partition coefficient (Wildman–Crippen LogP) is 2.52. The second-order valence-corrected chi connectivity index (χ2v) is 4.48. The Balaban J connectivity index is 2.03. The third kappa shape index (κ3) is 3.96. The number of aromatic nitrogens is 2. The minimum atomic E-state index is 0.493. The molecule has 1 aromatic carbocycles. The molecule has 0 aliphatic rings. The minimum Gasteiger partial charge on any atom is -0.493 e. The van der Waals surface area contributed by atoms with E-state index >= 15 is 0 Å². The Kier molecular flexibility index (Phi) is 5.16. The summed E-state index contributed by atoms with van der Waals surface area (Å²) in [7, 11) is 3.20. The van der Waals surface area contributed by atoms with Gasteiger partial charge in [-0.2, -0.15) is 10.2 Å². The number of aryl methyl sites for hydroxylation is 1. The van der Waals surface area contributed by atoms with Crippen LogP contribution >= 0.6 is 0 Å². The van der Waals surface area contributed by atoms with E-state index in [1.54, 1.807) is 14.2 Å². The van der Waals surface area contributed by atoms with E-state index in [0.29, 0.717) is 42.5 Å². The average Bonchev–Trinajstić information content (AvgIpc) is 2.95. The van der Waals surface area contributed by atoms with Gasteiger partial charge in [-0.3, -0.25) is 0 Å². The predicted molar refractivity (Wildman–Crippen MR) is 75.2 cm³/mol. The van der Waals surface area contributed by atoms with E-state index in [-0.39, 0.29) is 0 Å². The SMILES string of the molecule is COc1ccc(Cc2noc(CCCC#N)n2)cc1OC. The third-order valence-corrected chi connectivity index (χ3v) is 3.00. The number of nitriles is 1. The van der Waals surface area contributed by atoms with Crippen molar-refractivity contribution >= 4 is 0 Å². The van der Waals surface area contributed by atoms with Gasteiger partial charge in [0.1, 0.15) is 0 Å². The van der Waals surface area contributed by atoms with Gasteiger partial charge in [0, 0.05) is 19.3 Å². The number of benzene rings is 1. The average molecular weight is 287 g/mol. The Bertz CT molecular complexity index is 631. The third-order valence-electron chi connectivity index (χ3n) is 3.00. The fraction of sp³-hybridized carbons (Fsp3) is 0.400. The molecule has 0 fully saturated rings. The molecule has 0 unspecified atom stereocenters. The zero-order valence-electron chi connectivity index (χ0n) is 12.1. The van der Waals surface area contributed by atoms with Gasteiger partial charge in [0.2, 0.25) is 5.89 Å². The number of ether oxygens (including phenoxy) is 2. The Morgan fingerprint density at radius 3 is 2.76 bits per heavy atom. The summed E-state index contributed by atoms with van der Waals surface area (Å²) in [6.45, 7) is 0. The smallest absolute Gasteiger partial charge is 0.226 e. The molecule has 2 aromatic rings. The summed E-state index contributed by atoms with van der Waals surface area (Å²) in [5.74, 6) is 2.55. The fourth-order valence-electron chi connectivity index (χ4n) is 1.96. The van der Waals surface area contributed by atoms with Crippen LogP contribution in [-0.2, 0) is 12.8 Å². The highest BCUT2D eigenvalue weighted by Crippen LogP contribution is 2.28. The van der Waals surface area contributed by atoms with Crippen LogP contribution < -0.4 is 9.47 Å². The van der Waals surface area contributed by atoms with Gasteiger partial charge in [-0.15, -0.1) is 0 Å². The van der Waals surface area contributed by atoms with Gasteiger partial charge in [0.05, 0.1) is 20.3 Å². The van der Waals surface area contributed by atoms with Crippen molar-refractivity contribution in [3.63, 3.8) is 0 Å². The molecule has 0 spiro atoms. The molecule has 1 aromatic heterocycles. The standard InChI is InChI=1S/C15H17N3O3/c1-19-12-7-6-11(9-13(12)20-2)10-14-17-15(21-18-14)5-3-4-8-16/h6-7,9H,3-5,10H2,1-2H3. The minimum absolute atomic E-state index is 0.493. The molecular formula is C15H17N3O3. The Hall–Kier alpha value is -2.55. The van der Waals surface area contributed by atoms with Crippen molar-refractivity contribution in [1.82, 2.24) is 10.1 Å². The molecule has 1 heterocycles. The monoisotopic (exact) mass is 287 g/mol. The highest BCUT2D eigenvalue weighted by Gasteiger charge is 2.09. The van der Waals surface area contributed by atoms with Crippen LogP contribution in [0.3, 0.4) is 0 Å². The van der Waals surface area contributed by atoms with E-state index in [1.165, 1.54) is 0 Å². The summed E-state index contributed by atoms with van der Waals surface area (Å²) in [6.07, 6.45) is 2.41. The van der Waals surface area contributed by atoms with Crippen LogP contribution in [0, 0.1) is 11.3 Å². The summed E-state index contributed by atoms with van der Waals surface area (Å²) in [4.78, 5) is 4.32. The maximum Gasteiger partial charge on any atom is 0.226 e. The summed E-state index contributed by atoms with van der Waals surface area (Å²) in [6, 6.07) is 7.77. The molecule has 6 nitrogen and oxygen atoms in total. The topological polar surface area (TPSA) is 81.2 Å². The lowest BCUT2D eigenvalue weighted by molar-refractivity contribution is 0.354. The molecule has 0 aliphatic heterocycles. The van der Waals surface area contributed by atoms with Gasteiger partial charge in [-0.05, 0) is 24.1 Å². The summed E-state index contributed by atoms with van der Waals surface area (Å²) in [5, 5.41) is 12.4. The molecule has 21 heavy (non-hydrogen) atoms. The lowest BCUT2D eigenvalue weighted by Gasteiger charge is -2.08. The molecule has 0 atom stereocenters. The molecule has 6 heteroatoms. The van der Waals surface area contributed by atoms with Gasteiger partial charge in [0.15, 0.2) is 17.3 Å². The van der Waals surface area contributed by atoms with E-state index in [9.17, 15) is 0 Å². The van der Waals surface area contributed by atoms with Crippen molar-refractivity contribution in [3.8, 4) is 17.6 Å². The van der Waals surface area contributed by atoms with Crippen LogP contribution in [0.25, 0.3) is 0 Å². The van der Waals surface area contributed by atoms with Gasteiger partial charge in [0.25, 0.3) is 0 Å². The van der Waals surface area contributed by atoms with Crippen molar-refractivity contribution in [2.24, 2.45) is 0 Å². The zero-order chi connectivity index (χ0) is 15.1. The fourth-order valence-corrected chi connectivity index (χ4v) is 1.96. The van der Waals surface area contributed by atoms with Crippen LogP contribution in [0.2, 0.25) is 0 Å². The first-order chi connectivity index (χ1) is 10.3. The quantitative estimate of drug-likeness (QED) is 0.728. The number of nitrogens with zero attached hydrogens (tertiary/aromatic N) is 3. The lowest BCUT2D eigenvalue weighted by atomic mass is 10.1. The first-order valence-electron chi connectivity index (χ1n) is 6.66. The summed E-state index contributed by atoms with van der Waals surface area (Å²) >= 11 is 0. The van der Waals surface area contributed by atoms with E-state index in [1.807, 2.05) is 18.2 Å². The number of methoxy groups -OCH3 is 2. The molecule has 0 radical (unpaired) electrons. The first-order valence-corrected chi connectivity index (χ1v) is 6.66. The molecule has 0 N–H and O–H groups in total. The largest absolute Gasteiger partial charge is 0.493 e. The normalized spacial score (nSPS) is 10.1. The van der Waals surface area contributed by atoms with E-state index in [0.717, 1.165) is 12.0 Å². The summed E-state index contributed by atoms with van der Waals surface area (Å²) in [5.41, 5.74) is 1.01. The van der Waals surface area contributed by atoms with Crippen molar-refractivity contribution in [2.45, 2.75) is 25.7 Å². The molecule has 0 amide bonds. The number of rotatable bonds is 7. The molecule has 2 rings (SSSR count). The van der Waals surface area contributed by atoms with Crippen LogP contribution in [0.4, 0.5) is 0 Å². The lowest BCUT2D eigenvalue weighted by Crippen LogP contribution is -1.95. The maximum absolute atomic E-state index is 8.50. The molecule has 0 aliphatic carbocycles. The van der Waals surface area contributed by atoms with Gasteiger partial charge in [-0.25, -0.2) is 0 Å². The van der Waals surface area contributed by atoms with Crippen molar-refractivity contribution in [2.75, 3.05) is 14.2 Å². The molecular weight excluding hydrogens is 270 g/mol. The van der Waals surface area contributed by atoms with Crippen LogP contribution in [0.15, 0.2) is 22.7 Å². The van der Waals surface area contributed by atoms with Gasteiger partial charge < -0.3 is 14.0 Å². The van der Waals surface area contributed by atoms with Gasteiger partial charge >= 0.3 is 0 Å². The van der Waals surface area contributed by atoms with E-state index < -0.39 is 0 Å². The first kappa shape index (κ1) is 14.9. The number of unbranched alkanes of at least 4 members (excludes halogenated alkanes) is 1. The van der Waals surface area contributed by atoms with Crippen molar-refractivity contribution < 1.29 is 14.0 Å². The Labute approximate surface area is 123 Å². The molecule has 0 bridgehead atoms. The second kappa shape index (κ2) is 7.29. The van der Waals surface area contributed by atoms with Crippen molar-refractivity contribution in [1.29, 1.82) is 5.26 Å². The van der Waals surface area contributed by atoms with Crippen LogP contribution in [0.1, 0.15) is 30.1 Å². The number of hydrogen-bond donors (Lipinski definition) is 0. The van der Waals surface area contributed by atoms with Crippen LogP contribution in [0.5, 0.6) is 11.5 Å². The van der Waals surface area contributed by atoms with Crippen molar-refractivity contribution in [3.05, 3.63) is 35.5 Å². The highest BCUT2D eigenvalue weighted by atomic mass is 16.5.